The Morgan fingerprint density at radius 1 is 1.19 bits per heavy atom. The van der Waals surface area contributed by atoms with Gasteiger partial charge in [-0.05, 0) is 37.0 Å². The summed E-state index contributed by atoms with van der Waals surface area (Å²) in [5, 5.41) is 4.00. The first-order valence-electron chi connectivity index (χ1n) is 10.9. The van der Waals surface area contributed by atoms with Gasteiger partial charge in [-0.3, -0.25) is 9.59 Å². The minimum atomic E-state index is -0.274. The van der Waals surface area contributed by atoms with Crippen LogP contribution in [-0.2, 0) is 29.0 Å². The number of benzene rings is 1. The molecule has 1 aromatic heterocycles. The van der Waals surface area contributed by atoms with E-state index >= 15 is 0 Å². The molecule has 1 N–H and O–H groups in total. The number of rotatable bonds is 5. The van der Waals surface area contributed by atoms with Crippen molar-refractivity contribution in [2.24, 2.45) is 11.8 Å². The Morgan fingerprint density at radius 3 is 2.58 bits per heavy atom. The van der Waals surface area contributed by atoms with Gasteiger partial charge in [-0.25, -0.2) is 9.37 Å². The van der Waals surface area contributed by atoms with Gasteiger partial charge in [-0.15, -0.1) is 11.3 Å². The highest BCUT2D eigenvalue weighted by Crippen LogP contribution is 2.34. The number of anilines is 1. The first-order chi connectivity index (χ1) is 14.9. The summed E-state index contributed by atoms with van der Waals surface area (Å²) in [6, 6.07) is 6.20. The quantitative estimate of drug-likeness (QED) is 0.770. The van der Waals surface area contributed by atoms with Crippen molar-refractivity contribution >= 4 is 28.3 Å². The van der Waals surface area contributed by atoms with Crippen molar-refractivity contribution < 1.29 is 14.0 Å². The first-order valence-corrected chi connectivity index (χ1v) is 11.8. The summed E-state index contributed by atoms with van der Waals surface area (Å²) in [5.41, 5.74) is 2.00. The predicted molar refractivity (Wildman–Crippen MR) is 120 cm³/mol. The van der Waals surface area contributed by atoms with E-state index < -0.39 is 0 Å². The molecule has 2 aromatic rings. The van der Waals surface area contributed by atoms with E-state index in [2.05, 4.69) is 10.2 Å². The van der Waals surface area contributed by atoms with Gasteiger partial charge in [-0.2, -0.15) is 0 Å². The predicted octanol–water partition coefficient (Wildman–Crippen LogP) is 3.01. The Morgan fingerprint density at radius 2 is 1.90 bits per heavy atom. The topological polar surface area (TPSA) is 65.5 Å². The molecule has 1 aromatic carbocycles. The van der Waals surface area contributed by atoms with E-state index in [1.54, 1.807) is 23.5 Å². The van der Waals surface area contributed by atoms with Crippen LogP contribution in [0.2, 0.25) is 0 Å². The molecule has 1 unspecified atom stereocenters. The van der Waals surface area contributed by atoms with Crippen molar-refractivity contribution in [2.45, 2.75) is 39.7 Å². The summed E-state index contributed by atoms with van der Waals surface area (Å²) in [5.74, 6) is -0.0336. The van der Waals surface area contributed by atoms with E-state index in [1.165, 1.54) is 17.0 Å². The fraction of sp³-hybridized carbons (Fsp3) is 0.522. The van der Waals surface area contributed by atoms with E-state index in [1.807, 2.05) is 18.7 Å². The molecule has 1 aliphatic heterocycles. The van der Waals surface area contributed by atoms with Crippen LogP contribution in [-0.4, -0.2) is 47.9 Å². The van der Waals surface area contributed by atoms with E-state index in [-0.39, 0.29) is 29.5 Å². The molecule has 8 heteroatoms. The third kappa shape index (κ3) is 5.06. The molecule has 6 nitrogen and oxygen atoms in total. The van der Waals surface area contributed by atoms with Crippen molar-refractivity contribution in [1.82, 2.24) is 15.2 Å². The number of piperazine rings is 1. The lowest BCUT2D eigenvalue weighted by atomic mass is 9.90. The number of hydrogen-bond acceptors (Lipinski definition) is 5. The van der Waals surface area contributed by atoms with Crippen LogP contribution in [0.15, 0.2) is 24.3 Å². The van der Waals surface area contributed by atoms with Gasteiger partial charge in [0.1, 0.15) is 5.82 Å². The summed E-state index contributed by atoms with van der Waals surface area (Å²) >= 11 is 1.68. The fourth-order valence-corrected chi connectivity index (χ4v) is 5.38. The molecule has 0 spiro atoms. The van der Waals surface area contributed by atoms with Gasteiger partial charge >= 0.3 is 0 Å². The molecular weight excluding hydrogens is 415 g/mol. The molecule has 1 saturated heterocycles. The zero-order valence-electron chi connectivity index (χ0n) is 18.1. The molecule has 4 rings (SSSR count). The highest BCUT2D eigenvalue weighted by molar-refractivity contribution is 7.15. The second kappa shape index (κ2) is 9.34. The number of thiazole rings is 1. The SMILES string of the molecule is CC(C)C(=O)N1CCN(c2nc3c(s2)CC(C(=O)NCc2ccc(F)cc2)CC3)CC1. The third-order valence-corrected chi connectivity index (χ3v) is 7.22. The van der Waals surface area contributed by atoms with Crippen molar-refractivity contribution in [1.29, 1.82) is 0 Å². The Balaban J connectivity index is 1.32. The van der Waals surface area contributed by atoms with Gasteiger partial charge in [0.25, 0.3) is 0 Å². The maximum atomic E-state index is 13.0. The standard InChI is InChI=1S/C23H29FN4O2S/c1-15(2)22(30)27-9-11-28(12-10-27)23-26-19-8-5-17(13-20(19)31-23)21(29)25-14-16-3-6-18(24)7-4-16/h3-4,6-7,15,17H,5,8-14H2,1-2H3,(H,25,29). The highest BCUT2D eigenvalue weighted by Gasteiger charge is 2.30. The smallest absolute Gasteiger partial charge is 0.225 e. The normalized spacial score (nSPS) is 18.8. The molecule has 31 heavy (non-hydrogen) atoms. The van der Waals surface area contributed by atoms with Gasteiger partial charge in [0.15, 0.2) is 5.13 Å². The molecule has 1 aliphatic carbocycles. The minimum Gasteiger partial charge on any atom is -0.352 e. The lowest BCUT2D eigenvalue weighted by molar-refractivity contribution is -0.134. The summed E-state index contributed by atoms with van der Waals surface area (Å²) in [6.07, 6.45) is 2.32. The second-order valence-corrected chi connectivity index (χ2v) is 9.68. The Kier molecular flexibility index (Phi) is 6.55. The summed E-state index contributed by atoms with van der Waals surface area (Å²) in [6.45, 7) is 7.35. The number of carbonyl (C=O) groups excluding carboxylic acids is 2. The van der Waals surface area contributed by atoms with Crippen LogP contribution in [0.3, 0.4) is 0 Å². The number of halogens is 1. The van der Waals surface area contributed by atoms with Crippen molar-refractivity contribution in [3.8, 4) is 0 Å². The average molecular weight is 445 g/mol. The van der Waals surface area contributed by atoms with E-state index in [9.17, 15) is 14.0 Å². The molecule has 0 bridgehead atoms. The zero-order valence-corrected chi connectivity index (χ0v) is 18.9. The monoisotopic (exact) mass is 444 g/mol. The van der Waals surface area contributed by atoms with Gasteiger partial charge in [0.05, 0.1) is 5.69 Å². The lowest BCUT2D eigenvalue weighted by Gasteiger charge is -2.35. The maximum Gasteiger partial charge on any atom is 0.225 e. The van der Waals surface area contributed by atoms with Crippen molar-refractivity contribution in [3.05, 3.63) is 46.2 Å². The van der Waals surface area contributed by atoms with Crippen LogP contribution < -0.4 is 10.2 Å². The molecule has 1 atom stereocenters. The highest BCUT2D eigenvalue weighted by atomic mass is 32.1. The van der Waals surface area contributed by atoms with Crippen LogP contribution in [0, 0.1) is 17.7 Å². The van der Waals surface area contributed by atoms with Gasteiger partial charge in [0.2, 0.25) is 11.8 Å². The Labute approximate surface area is 186 Å². The van der Waals surface area contributed by atoms with E-state index in [0.717, 1.165) is 55.4 Å². The van der Waals surface area contributed by atoms with Crippen LogP contribution >= 0.6 is 11.3 Å². The summed E-state index contributed by atoms with van der Waals surface area (Å²) in [7, 11) is 0. The molecule has 166 valence electrons. The number of amides is 2. The number of hydrogen-bond donors (Lipinski definition) is 1. The molecule has 2 heterocycles. The lowest BCUT2D eigenvalue weighted by Crippen LogP contribution is -2.49. The number of nitrogens with one attached hydrogen (secondary N) is 1. The average Bonchev–Trinajstić information content (AvgIpc) is 3.21. The summed E-state index contributed by atoms with van der Waals surface area (Å²) in [4.78, 5) is 35.1. The number of nitrogens with zero attached hydrogens (tertiary/aromatic N) is 3. The van der Waals surface area contributed by atoms with Gasteiger partial charge in [-0.1, -0.05) is 26.0 Å². The molecule has 0 radical (unpaired) electrons. The fourth-order valence-electron chi connectivity index (χ4n) is 4.14. The maximum absolute atomic E-state index is 13.0. The summed E-state index contributed by atoms with van der Waals surface area (Å²) < 4.78 is 13.0. The van der Waals surface area contributed by atoms with Crippen molar-refractivity contribution in [3.63, 3.8) is 0 Å². The van der Waals surface area contributed by atoms with E-state index in [4.69, 9.17) is 4.98 Å². The Hall–Kier alpha value is -2.48. The molecule has 2 amide bonds. The van der Waals surface area contributed by atoms with Crippen LogP contribution in [0.1, 0.15) is 36.4 Å². The molecular formula is C23H29FN4O2S. The third-order valence-electron chi connectivity index (χ3n) is 6.03. The van der Waals surface area contributed by atoms with Crippen LogP contribution in [0.25, 0.3) is 0 Å². The number of carbonyl (C=O) groups is 2. The minimum absolute atomic E-state index is 0.0323. The number of fused-ring (bicyclic) bond motifs is 1. The number of aromatic nitrogens is 1. The largest absolute Gasteiger partial charge is 0.352 e. The van der Waals surface area contributed by atoms with Gasteiger partial charge < -0.3 is 15.1 Å². The van der Waals surface area contributed by atoms with Crippen molar-refractivity contribution in [2.75, 3.05) is 31.1 Å². The van der Waals surface area contributed by atoms with Gasteiger partial charge in [0, 0.05) is 49.4 Å². The van der Waals surface area contributed by atoms with E-state index in [0.29, 0.717) is 13.0 Å². The molecule has 1 fully saturated rings. The Bertz CT molecular complexity index is 936. The van der Waals surface area contributed by atoms with Crippen LogP contribution in [0.5, 0.6) is 0 Å². The molecule has 2 aliphatic rings. The number of aryl methyl sites for hydroxylation is 1. The molecule has 0 saturated carbocycles. The second-order valence-electron chi connectivity index (χ2n) is 8.62. The van der Waals surface area contributed by atoms with Crippen LogP contribution in [0.4, 0.5) is 9.52 Å². The first kappa shape index (κ1) is 21.7. The zero-order chi connectivity index (χ0) is 22.0.